The molecule has 2 aromatic rings. The lowest BCUT2D eigenvalue weighted by atomic mass is 9.82. The molecule has 1 aliphatic carbocycles. The van der Waals surface area contributed by atoms with Crippen molar-refractivity contribution in [3.05, 3.63) is 52.4 Å². The van der Waals surface area contributed by atoms with E-state index in [2.05, 4.69) is 11.9 Å². The standard InChI is InChI=1S/C21H23ClN2O2/c1-13-7-9-21(10-8-13)24-18(16-11-15(22)4-6-19(16)26-21)12-17(23-24)20-5-3-14(2)25-20/h3-6,11,13,18H,7-10,12H2,1-2H3/t13?,18-,21?/m0/s1. The van der Waals surface area contributed by atoms with E-state index in [9.17, 15) is 0 Å². The van der Waals surface area contributed by atoms with E-state index < -0.39 is 0 Å². The Balaban J connectivity index is 1.59. The zero-order valence-electron chi connectivity index (χ0n) is 15.2. The fraction of sp³-hybridized carbons (Fsp3) is 0.476. The van der Waals surface area contributed by atoms with Crippen molar-refractivity contribution in [1.29, 1.82) is 0 Å². The summed E-state index contributed by atoms with van der Waals surface area (Å²) >= 11 is 6.29. The monoisotopic (exact) mass is 370 g/mol. The second-order valence-corrected chi connectivity index (χ2v) is 8.37. The summed E-state index contributed by atoms with van der Waals surface area (Å²) in [7, 11) is 0. The van der Waals surface area contributed by atoms with E-state index in [-0.39, 0.29) is 11.8 Å². The van der Waals surface area contributed by atoms with Crippen molar-refractivity contribution < 1.29 is 9.15 Å². The van der Waals surface area contributed by atoms with Crippen molar-refractivity contribution >= 4 is 17.3 Å². The molecule has 5 heteroatoms. The van der Waals surface area contributed by atoms with Gasteiger partial charge in [-0.15, -0.1) is 0 Å². The Hall–Kier alpha value is -1.94. The van der Waals surface area contributed by atoms with Crippen molar-refractivity contribution in [2.45, 2.75) is 57.7 Å². The smallest absolute Gasteiger partial charge is 0.198 e. The predicted octanol–water partition coefficient (Wildman–Crippen LogP) is 5.69. The molecule has 1 saturated carbocycles. The average molecular weight is 371 g/mol. The van der Waals surface area contributed by atoms with Crippen molar-refractivity contribution in [3.63, 3.8) is 0 Å². The fourth-order valence-electron chi connectivity index (χ4n) is 4.53. The van der Waals surface area contributed by atoms with Gasteiger partial charge in [0.05, 0.1) is 6.04 Å². The van der Waals surface area contributed by atoms with Crippen LogP contribution in [0.15, 0.2) is 39.9 Å². The van der Waals surface area contributed by atoms with Gasteiger partial charge in [0.1, 0.15) is 23.0 Å². The van der Waals surface area contributed by atoms with Gasteiger partial charge < -0.3 is 9.15 Å². The highest BCUT2D eigenvalue weighted by Crippen LogP contribution is 2.52. The van der Waals surface area contributed by atoms with Crippen LogP contribution in [-0.4, -0.2) is 16.4 Å². The van der Waals surface area contributed by atoms with Gasteiger partial charge in [0, 0.05) is 29.8 Å². The van der Waals surface area contributed by atoms with Gasteiger partial charge in [-0.1, -0.05) is 18.5 Å². The predicted molar refractivity (Wildman–Crippen MR) is 102 cm³/mol. The molecule has 3 heterocycles. The molecule has 0 amide bonds. The van der Waals surface area contributed by atoms with Crippen LogP contribution in [0.5, 0.6) is 5.75 Å². The molecule has 0 N–H and O–H groups in total. The first-order valence-corrected chi connectivity index (χ1v) is 9.84. The Kier molecular flexibility index (Phi) is 3.61. The molecule has 3 aliphatic rings. The van der Waals surface area contributed by atoms with E-state index in [1.54, 1.807) is 0 Å². The third-order valence-corrected chi connectivity index (χ3v) is 6.27. The maximum absolute atomic E-state index is 6.60. The number of fused-ring (bicyclic) bond motifs is 4. The minimum absolute atomic E-state index is 0.159. The molecule has 2 aliphatic heterocycles. The first kappa shape index (κ1) is 16.2. The minimum atomic E-state index is -0.346. The molecule has 1 aromatic carbocycles. The summed E-state index contributed by atoms with van der Waals surface area (Å²) in [6.07, 6.45) is 5.15. The van der Waals surface area contributed by atoms with Crippen LogP contribution in [0.25, 0.3) is 0 Å². The molecule has 0 bridgehead atoms. The van der Waals surface area contributed by atoms with Crippen LogP contribution >= 0.6 is 11.6 Å². The van der Waals surface area contributed by atoms with E-state index in [1.165, 1.54) is 0 Å². The number of furan rings is 1. The molecular formula is C21H23ClN2O2. The van der Waals surface area contributed by atoms with E-state index in [0.717, 1.165) is 71.6 Å². The van der Waals surface area contributed by atoms with E-state index in [4.69, 9.17) is 25.9 Å². The largest absolute Gasteiger partial charge is 0.466 e. The van der Waals surface area contributed by atoms with Gasteiger partial charge in [-0.2, -0.15) is 5.10 Å². The number of aryl methyl sites for hydroxylation is 1. The van der Waals surface area contributed by atoms with Gasteiger partial charge in [0.15, 0.2) is 5.72 Å². The Bertz CT molecular complexity index is 880. The Morgan fingerprint density at radius 1 is 1.19 bits per heavy atom. The second-order valence-electron chi connectivity index (χ2n) is 7.93. The van der Waals surface area contributed by atoms with Gasteiger partial charge in [0.2, 0.25) is 0 Å². The molecule has 136 valence electrons. The van der Waals surface area contributed by atoms with Gasteiger partial charge in [0.25, 0.3) is 0 Å². The molecule has 0 unspecified atom stereocenters. The lowest BCUT2D eigenvalue weighted by Crippen LogP contribution is -2.55. The number of benzene rings is 1. The van der Waals surface area contributed by atoms with Crippen molar-refractivity contribution in [2.75, 3.05) is 0 Å². The summed E-state index contributed by atoms with van der Waals surface area (Å²) in [4.78, 5) is 0. The average Bonchev–Trinajstić information content (AvgIpc) is 3.25. The quantitative estimate of drug-likeness (QED) is 0.647. The second kappa shape index (κ2) is 5.78. The van der Waals surface area contributed by atoms with E-state index in [0.29, 0.717) is 0 Å². The molecule has 0 saturated heterocycles. The third-order valence-electron chi connectivity index (χ3n) is 6.04. The molecular weight excluding hydrogens is 348 g/mol. The Morgan fingerprint density at radius 3 is 2.73 bits per heavy atom. The van der Waals surface area contributed by atoms with Crippen molar-refractivity contribution in [2.24, 2.45) is 11.0 Å². The highest BCUT2D eigenvalue weighted by molar-refractivity contribution is 6.30. The summed E-state index contributed by atoms with van der Waals surface area (Å²) in [5, 5.41) is 7.96. The third kappa shape index (κ3) is 2.46. The topological polar surface area (TPSA) is 38.0 Å². The van der Waals surface area contributed by atoms with Crippen LogP contribution in [0.2, 0.25) is 5.02 Å². The van der Waals surface area contributed by atoms with Gasteiger partial charge in [-0.3, -0.25) is 0 Å². The normalized spacial score (nSPS) is 30.0. The summed E-state index contributed by atoms with van der Waals surface area (Å²) < 4.78 is 12.5. The SMILES string of the molecule is Cc1ccc(C2=NN3[C@@H](C2)c2cc(Cl)ccc2OC32CCC(C)CC2)o1. The van der Waals surface area contributed by atoms with Crippen LogP contribution in [0.3, 0.4) is 0 Å². The first-order valence-electron chi connectivity index (χ1n) is 9.46. The van der Waals surface area contributed by atoms with Gasteiger partial charge >= 0.3 is 0 Å². The molecule has 1 aromatic heterocycles. The molecule has 4 nitrogen and oxygen atoms in total. The maximum Gasteiger partial charge on any atom is 0.198 e. The summed E-state index contributed by atoms with van der Waals surface area (Å²) in [5.41, 5.74) is 1.78. The van der Waals surface area contributed by atoms with E-state index in [1.807, 2.05) is 37.3 Å². The Labute approximate surface area is 158 Å². The molecule has 26 heavy (non-hydrogen) atoms. The van der Waals surface area contributed by atoms with Crippen LogP contribution in [-0.2, 0) is 0 Å². The molecule has 0 radical (unpaired) electrons. The molecule has 1 spiro atoms. The lowest BCUT2D eigenvalue weighted by molar-refractivity contribution is -0.145. The molecule has 5 rings (SSSR count). The van der Waals surface area contributed by atoms with Gasteiger partial charge in [-0.25, -0.2) is 5.01 Å². The number of halogens is 1. The van der Waals surface area contributed by atoms with Crippen LogP contribution in [0, 0.1) is 12.8 Å². The number of nitrogens with zero attached hydrogens (tertiary/aromatic N) is 2. The fourth-order valence-corrected chi connectivity index (χ4v) is 4.72. The minimum Gasteiger partial charge on any atom is -0.466 e. The Morgan fingerprint density at radius 2 is 2.00 bits per heavy atom. The first-order chi connectivity index (χ1) is 12.5. The van der Waals surface area contributed by atoms with Crippen LogP contribution in [0.1, 0.15) is 62.2 Å². The number of hydrogen-bond acceptors (Lipinski definition) is 4. The molecule has 1 fully saturated rings. The highest BCUT2D eigenvalue weighted by atomic mass is 35.5. The highest BCUT2D eigenvalue weighted by Gasteiger charge is 2.51. The molecule has 1 atom stereocenters. The van der Waals surface area contributed by atoms with Gasteiger partial charge in [-0.05, 0) is 56.0 Å². The number of hydrogen-bond donors (Lipinski definition) is 0. The van der Waals surface area contributed by atoms with Crippen LogP contribution < -0.4 is 4.74 Å². The zero-order valence-corrected chi connectivity index (χ0v) is 15.9. The summed E-state index contributed by atoms with van der Waals surface area (Å²) in [6, 6.07) is 10.1. The van der Waals surface area contributed by atoms with E-state index >= 15 is 0 Å². The zero-order chi connectivity index (χ0) is 17.9. The maximum atomic E-state index is 6.60. The number of rotatable bonds is 1. The van der Waals surface area contributed by atoms with Crippen molar-refractivity contribution in [3.8, 4) is 5.75 Å². The summed E-state index contributed by atoms with van der Waals surface area (Å²) in [6.45, 7) is 4.29. The lowest BCUT2D eigenvalue weighted by Gasteiger charge is -2.50. The number of hydrazone groups is 1. The summed E-state index contributed by atoms with van der Waals surface area (Å²) in [5.74, 6) is 3.47. The van der Waals surface area contributed by atoms with Crippen molar-refractivity contribution in [1.82, 2.24) is 5.01 Å². The number of ether oxygens (including phenoxy) is 1. The van der Waals surface area contributed by atoms with Crippen LogP contribution in [0.4, 0.5) is 0 Å².